The van der Waals surface area contributed by atoms with Gasteiger partial charge in [-0.05, 0) is 37.0 Å². The van der Waals surface area contributed by atoms with E-state index in [2.05, 4.69) is 4.90 Å². The minimum atomic E-state index is -1.10. The molecular weight excluding hydrogens is 190 g/mol. The number of rotatable bonds is 2. The highest BCUT2D eigenvalue weighted by Gasteiger charge is 2.10. The van der Waals surface area contributed by atoms with Gasteiger partial charge in [-0.15, -0.1) is 0 Å². The summed E-state index contributed by atoms with van der Waals surface area (Å²) in [7, 11) is 0. The molecule has 1 fully saturated rings. The Morgan fingerprint density at radius 1 is 1.20 bits per heavy atom. The number of anilines is 1. The Morgan fingerprint density at radius 3 is 2.60 bits per heavy atom. The van der Waals surface area contributed by atoms with E-state index in [1.807, 2.05) is 6.07 Å². The molecule has 3 nitrogen and oxygen atoms in total. The van der Waals surface area contributed by atoms with Gasteiger partial charge in [-0.1, -0.05) is 12.1 Å². The molecule has 2 rings (SSSR count). The maximum absolute atomic E-state index is 10.7. The molecule has 0 spiro atoms. The summed E-state index contributed by atoms with van der Waals surface area (Å²) >= 11 is 0. The SMILES string of the molecule is O=C([O-])c1cccc(N2CCCCC2)c1. The van der Waals surface area contributed by atoms with Crippen LogP contribution in [0.5, 0.6) is 0 Å². The van der Waals surface area contributed by atoms with E-state index in [0.29, 0.717) is 0 Å². The molecule has 1 heterocycles. The molecule has 0 saturated carbocycles. The largest absolute Gasteiger partial charge is 0.545 e. The lowest BCUT2D eigenvalue weighted by Gasteiger charge is -2.29. The van der Waals surface area contributed by atoms with E-state index in [1.165, 1.54) is 19.3 Å². The molecule has 0 amide bonds. The van der Waals surface area contributed by atoms with Crippen molar-refractivity contribution in [1.29, 1.82) is 0 Å². The van der Waals surface area contributed by atoms with Gasteiger partial charge in [0.05, 0.1) is 5.97 Å². The van der Waals surface area contributed by atoms with Crippen LogP contribution in [0.15, 0.2) is 24.3 Å². The van der Waals surface area contributed by atoms with Gasteiger partial charge in [-0.3, -0.25) is 0 Å². The van der Waals surface area contributed by atoms with Crippen LogP contribution in [-0.4, -0.2) is 19.1 Å². The summed E-state index contributed by atoms with van der Waals surface area (Å²) in [6, 6.07) is 7.00. The number of benzene rings is 1. The maximum atomic E-state index is 10.7. The smallest absolute Gasteiger partial charge is 0.0716 e. The van der Waals surface area contributed by atoms with Crippen LogP contribution in [0.2, 0.25) is 0 Å². The Balaban J connectivity index is 2.19. The maximum Gasteiger partial charge on any atom is 0.0716 e. The van der Waals surface area contributed by atoms with Crippen molar-refractivity contribution in [2.45, 2.75) is 19.3 Å². The standard InChI is InChI=1S/C12H15NO2/c14-12(15)10-5-4-6-11(9-10)13-7-2-1-3-8-13/h4-6,9H,1-3,7-8H2,(H,14,15)/p-1. The molecule has 3 heteroatoms. The highest BCUT2D eigenvalue weighted by atomic mass is 16.4. The Kier molecular flexibility index (Phi) is 2.90. The van der Waals surface area contributed by atoms with Gasteiger partial charge in [0.1, 0.15) is 0 Å². The van der Waals surface area contributed by atoms with E-state index in [1.54, 1.807) is 18.2 Å². The molecule has 0 radical (unpaired) electrons. The second kappa shape index (κ2) is 4.34. The van der Waals surface area contributed by atoms with Gasteiger partial charge in [0, 0.05) is 18.8 Å². The first kappa shape index (κ1) is 10.0. The molecule has 1 aromatic rings. The number of aromatic carboxylic acids is 1. The van der Waals surface area contributed by atoms with Gasteiger partial charge in [0.25, 0.3) is 0 Å². The predicted octanol–water partition coefficient (Wildman–Crippen LogP) is 1.04. The number of carboxylic acids is 1. The van der Waals surface area contributed by atoms with E-state index < -0.39 is 5.97 Å². The summed E-state index contributed by atoms with van der Waals surface area (Å²) in [5, 5.41) is 10.7. The van der Waals surface area contributed by atoms with Crippen LogP contribution >= 0.6 is 0 Å². The predicted molar refractivity (Wildman–Crippen MR) is 56.8 cm³/mol. The molecule has 0 atom stereocenters. The first-order valence-electron chi connectivity index (χ1n) is 5.34. The van der Waals surface area contributed by atoms with Crippen LogP contribution in [0.4, 0.5) is 5.69 Å². The minimum absolute atomic E-state index is 0.262. The molecule has 1 aliphatic heterocycles. The minimum Gasteiger partial charge on any atom is -0.545 e. The topological polar surface area (TPSA) is 43.4 Å². The van der Waals surface area contributed by atoms with E-state index >= 15 is 0 Å². The molecule has 0 N–H and O–H groups in total. The van der Waals surface area contributed by atoms with Gasteiger partial charge in [-0.25, -0.2) is 0 Å². The van der Waals surface area contributed by atoms with Gasteiger partial charge >= 0.3 is 0 Å². The van der Waals surface area contributed by atoms with Crippen molar-refractivity contribution in [1.82, 2.24) is 0 Å². The van der Waals surface area contributed by atoms with Gasteiger partial charge in [-0.2, -0.15) is 0 Å². The fourth-order valence-electron chi connectivity index (χ4n) is 1.98. The van der Waals surface area contributed by atoms with Crippen molar-refractivity contribution in [3.8, 4) is 0 Å². The Labute approximate surface area is 89.3 Å². The summed E-state index contributed by atoms with van der Waals surface area (Å²) in [5.41, 5.74) is 1.26. The van der Waals surface area contributed by atoms with Crippen LogP contribution in [0.1, 0.15) is 29.6 Å². The van der Waals surface area contributed by atoms with E-state index in [4.69, 9.17) is 0 Å². The van der Waals surface area contributed by atoms with E-state index in [-0.39, 0.29) is 5.56 Å². The Morgan fingerprint density at radius 2 is 1.93 bits per heavy atom. The third-order valence-electron chi connectivity index (χ3n) is 2.80. The molecular formula is C12H14NO2-. The molecule has 80 valence electrons. The molecule has 0 aliphatic carbocycles. The summed E-state index contributed by atoms with van der Waals surface area (Å²) in [5.74, 6) is -1.10. The summed E-state index contributed by atoms with van der Waals surface area (Å²) in [4.78, 5) is 12.9. The number of hydrogen-bond donors (Lipinski definition) is 0. The monoisotopic (exact) mass is 204 g/mol. The lowest BCUT2D eigenvalue weighted by molar-refractivity contribution is -0.255. The Bertz CT molecular complexity index is 356. The molecule has 0 unspecified atom stereocenters. The Hall–Kier alpha value is -1.51. The van der Waals surface area contributed by atoms with Gasteiger partial charge in [0.2, 0.25) is 0 Å². The second-order valence-electron chi connectivity index (χ2n) is 3.89. The average Bonchev–Trinajstić information content (AvgIpc) is 2.30. The highest BCUT2D eigenvalue weighted by Crippen LogP contribution is 2.20. The summed E-state index contributed by atoms with van der Waals surface area (Å²) in [6.07, 6.45) is 3.65. The normalized spacial score (nSPS) is 16.4. The quantitative estimate of drug-likeness (QED) is 0.723. The molecule has 15 heavy (non-hydrogen) atoms. The molecule has 1 aromatic carbocycles. The number of carbonyl (C=O) groups excluding carboxylic acids is 1. The molecule has 0 bridgehead atoms. The van der Waals surface area contributed by atoms with Crippen molar-refractivity contribution in [3.63, 3.8) is 0 Å². The zero-order chi connectivity index (χ0) is 10.7. The fraction of sp³-hybridized carbons (Fsp3) is 0.417. The zero-order valence-electron chi connectivity index (χ0n) is 8.61. The van der Waals surface area contributed by atoms with Crippen molar-refractivity contribution in [2.24, 2.45) is 0 Å². The number of carbonyl (C=O) groups is 1. The third kappa shape index (κ3) is 2.29. The lowest BCUT2D eigenvalue weighted by Crippen LogP contribution is -2.30. The second-order valence-corrected chi connectivity index (χ2v) is 3.89. The first-order valence-corrected chi connectivity index (χ1v) is 5.34. The zero-order valence-corrected chi connectivity index (χ0v) is 8.61. The van der Waals surface area contributed by atoms with Crippen LogP contribution < -0.4 is 10.0 Å². The van der Waals surface area contributed by atoms with Crippen molar-refractivity contribution in [3.05, 3.63) is 29.8 Å². The summed E-state index contributed by atoms with van der Waals surface area (Å²) in [6.45, 7) is 2.05. The third-order valence-corrected chi connectivity index (χ3v) is 2.80. The number of piperidine rings is 1. The summed E-state index contributed by atoms with van der Waals surface area (Å²) < 4.78 is 0. The van der Waals surface area contributed by atoms with Gasteiger partial charge < -0.3 is 14.8 Å². The average molecular weight is 204 g/mol. The van der Waals surface area contributed by atoms with Crippen LogP contribution in [0, 0.1) is 0 Å². The number of carboxylic acid groups (broad SMARTS) is 1. The fourth-order valence-corrected chi connectivity index (χ4v) is 1.98. The van der Waals surface area contributed by atoms with Crippen molar-refractivity contribution >= 4 is 11.7 Å². The van der Waals surface area contributed by atoms with Crippen LogP contribution in [0.3, 0.4) is 0 Å². The first-order chi connectivity index (χ1) is 7.27. The van der Waals surface area contributed by atoms with Crippen LogP contribution in [0.25, 0.3) is 0 Å². The van der Waals surface area contributed by atoms with E-state index in [0.717, 1.165) is 18.8 Å². The van der Waals surface area contributed by atoms with Crippen LogP contribution in [-0.2, 0) is 0 Å². The van der Waals surface area contributed by atoms with Crippen molar-refractivity contribution in [2.75, 3.05) is 18.0 Å². The highest BCUT2D eigenvalue weighted by molar-refractivity contribution is 5.87. The molecule has 1 aliphatic rings. The molecule has 1 saturated heterocycles. The van der Waals surface area contributed by atoms with Gasteiger partial charge in [0.15, 0.2) is 0 Å². The number of nitrogens with zero attached hydrogens (tertiary/aromatic N) is 1. The van der Waals surface area contributed by atoms with Crippen molar-refractivity contribution < 1.29 is 9.90 Å². The number of hydrogen-bond acceptors (Lipinski definition) is 3. The molecule has 0 aromatic heterocycles. The van der Waals surface area contributed by atoms with E-state index in [9.17, 15) is 9.90 Å². The lowest BCUT2D eigenvalue weighted by atomic mass is 10.1.